The van der Waals surface area contributed by atoms with Crippen LogP contribution in [0.3, 0.4) is 0 Å². The summed E-state index contributed by atoms with van der Waals surface area (Å²) in [4.78, 5) is 0.742. The highest BCUT2D eigenvalue weighted by molar-refractivity contribution is 7.07. The molecule has 0 radical (unpaired) electrons. The van der Waals surface area contributed by atoms with Crippen LogP contribution in [-0.2, 0) is 6.54 Å². The Bertz CT molecular complexity index is 1000. The summed E-state index contributed by atoms with van der Waals surface area (Å²) in [5.41, 5.74) is 2.76. The van der Waals surface area contributed by atoms with Gasteiger partial charge in [0.15, 0.2) is 0 Å². The van der Waals surface area contributed by atoms with Crippen LogP contribution in [0.1, 0.15) is 12.5 Å². The van der Waals surface area contributed by atoms with Crippen molar-refractivity contribution in [3.05, 3.63) is 82.7 Å². The maximum absolute atomic E-state index is 13.2. The fourth-order valence-electron chi connectivity index (χ4n) is 2.57. The van der Waals surface area contributed by atoms with Gasteiger partial charge in [-0.25, -0.2) is 4.39 Å². The minimum absolute atomic E-state index is 0.297. The number of nitrogens with zero attached hydrogens (tertiary/aromatic N) is 3. The van der Waals surface area contributed by atoms with E-state index in [0.29, 0.717) is 18.7 Å². The van der Waals surface area contributed by atoms with Gasteiger partial charge >= 0.3 is 0 Å². The second-order valence-electron chi connectivity index (χ2n) is 5.66. The number of thiazole rings is 1. The summed E-state index contributed by atoms with van der Waals surface area (Å²) < 4.78 is 20.8. The number of hydrogen-bond donors (Lipinski definition) is 0. The van der Waals surface area contributed by atoms with Gasteiger partial charge in [-0.1, -0.05) is 18.2 Å². The first-order chi connectivity index (χ1) is 13.2. The molecular formula is C21H20FN3OS. The molecule has 0 N–H and O–H groups in total. The highest BCUT2D eigenvalue weighted by Gasteiger charge is 2.07. The average Bonchev–Trinajstić information content (AvgIpc) is 3.06. The molecule has 0 fully saturated rings. The lowest BCUT2D eigenvalue weighted by atomic mass is 10.1. The van der Waals surface area contributed by atoms with Crippen LogP contribution in [0.15, 0.2) is 76.8 Å². The van der Waals surface area contributed by atoms with Crippen LogP contribution in [0, 0.1) is 5.82 Å². The second-order valence-corrected chi connectivity index (χ2v) is 6.50. The average molecular weight is 381 g/mol. The first-order valence-corrected chi connectivity index (χ1v) is 9.44. The standard InChI is InChI=1S/C21H20FN3OS/c1-3-12-25-20(17-8-10-19(11-9-17)26-4-2)15-27-21(25)24-23-14-16-6-5-7-18(22)13-16/h3,5-11,13-15H,1,4,12H2,2H3/b23-14-,24-21+. The second kappa shape index (κ2) is 9.09. The van der Waals surface area contributed by atoms with Gasteiger partial charge in [-0.2, -0.15) is 5.10 Å². The quantitative estimate of drug-likeness (QED) is 0.327. The molecule has 0 saturated heterocycles. The van der Waals surface area contributed by atoms with Gasteiger partial charge in [-0.15, -0.1) is 23.0 Å². The van der Waals surface area contributed by atoms with Crippen molar-refractivity contribution in [2.75, 3.05) is 6.61 Å². The van der Waals surface area contributed by atoms with Gasteiger partial charge in [0.05, 0.1) is 18.5 Å². The van der Waals surface area contributed by atoms with E-state index in [1.165, 1.54) is 29.7 Å². The molecule has 2 aromatic carbocycles. The number of benzene rings is 2. The van der Waals surface area contributed by atoms with Crippen molar-refractivity contribution >= 4 is 17.6 Å². The van der Waals surface area contributed by atoms with Crippen LogP contribution in [0.4, 0.5) is 4.39 Å². The summed E-state index contributed by atoms with van der Waals surface area (Å²) >= 11 is 1.49. The van der Waals surface area contributed by atoms with Gasteiger partial charge in [-0.3, -0.25) is 0 Å². The molecular weight excluding hydrogens is 361 g/mol. The number of halogens is 1. The van der Waals surface area contributed by atoms with Gasteiger partial charge in [-0.05, 0) is 54.4 Å². The molecule has 27 heavy (non-hydrogen) atoms. The first kappa shape index (κ1) is 18.8. The molecule has 0 bridgehead atoms. The van der Waals surface area contributed by atoms with Crippen molar-refractivity contribution in [3.8, 4) is 17.0 Å². The van der Waals surface area contributed by atoms with E-state index in [2.05, 4.69) is 16.8 Å². The smallest absolute Gasteiger partial charge is 0.211 e. The molecule has 3 aromatic rings. The zero-order valence-electron chi connectivity index (χ0n) is 15.0. The monoisotopic (exact) mass is 381 g/mol. The summed E-state index contributed by atoms with van der Waals surface area (Å²) in [5.74, 6) is 0.547. The molecule has 1 aromatic heterocycles. The Morgan fingerprint density at radius 3 is 2.74 bits per heavy atom. The molecule has 0 aliphatic rings. The lowest BCUT2D eigenvalue weighted by Crippen LogP contribution is -2.14. The SMILES string of the molecule is C=CCn1c(-c2ccc(OCC)cc2)cs/c1=N/N=C\c1cccc(F)c1. The largest absolute Gasteiger partial charge is 0.494 e. The van der Waals surface area contributed by atoms with E-state index in [1.54, 1.807) is 12.1 Å². The van der Waals surface area contributed by atoms with Crippen LogP contribution in [0.25, 0.3) is 11.3 Å². The summed E-state index contributed by atoms with van der Waals surface area (Å²) in [7, 11) is 0. The van der Waals surface area contributed by atoms with Crippen molar-refractivity contribution in [1.29, 1.82) is 0 Å². The Morgan fingerprint density at radius 1 is 1.22 bits per heavy atom. The molecule has 0 aliphatic carbocycles. The normalized spacial score (nSPS) is 11.9. The predicted octanol–water partition coefficient (Wildman–Crippen LogP) is 4.88. The summed E-state index contributed by atoms with van der Waals surface area (Å²) in [6.45, 7) is 7.04. The Labute approximate surface area is 161 Å². The van der Waals surface area contributed by atoms with Gasteiger partial charge < -0.3 is 9.30 Å². The van der Waals surface area contributed by atoms with Crippen molar-refractivity contribution in [2.24, 2.45) is 10.2 Å². The lowest BCUT2D eigenvalue weighted by Gasteiger charge is -2.07. The Morgan fingerprint density at radius 2 is 2.04 bits per heavy atom. The molecule has 4 nitrogen and oxygen atoms in total. The fraction of sp³-hybridized carbons (Fsp3) is 0.143. The fourth-order valence-corrected chi connectivity index (χ4v) is 3.44. The highest BCUT2D eigenvalue weighted by atomic mass is 32.1. The molecule has 3 rings (SSSR count). The van der Waals surface area contributed by atoms with E-state index in [1.807, 2.05) is 47.2 Å². The first-order valence-electron chi connectivity index (χ1n) is 8.56. The number of hydrogen-bond acceptors (Lipinski definition) is 4. The number of allylic oxidation sites excluding steroid dienone is 1. The molecule has 6 heteroatoms. The van der Waals surface area contributed by atoms with E-state index in [0.717, 1.165) is 21.8 Å². The molecule has 0 spiro atoms. The maximum atomic E-state index is 13.2. The van der Waals surface area contributed by atoms with E-state index < -0.39 is 0 Å². The maximum Gasteiger partial charge on any atom is 0.211 e. The van der Waals surface area contributed by atoms with E-state index in [4.69, 9.17) is 4.74 Å². The lowest BCUT2D eigenvalue weighted by molar-refractivity contribution is 0.340. The molecule has 1 heterocycles. The highest BCUT2D eigenvalue weighted by Crippen LogP contribution is 2.23. The van der Waals surface area contributed by atoms with Crippen molar-refractivity contribution < 1.29 is 9.13 Å². The van der Waals surface area contributed by atoms with E-state index >= 15 is 0 Å². The van der Waals surface area contributed by atoms with Gasteiger partial charge in [0.1, 0.15) is 11.6 Å². The van der Waals surface area contributed by atoms with Gasteiger partial charge in [0.2, 0.25) is 4.80 Å². The Kier molecular flexibility index (Phi) is 6.33. The number of rotatable bonds is 7. The van der Waals surface area contributed by atoms with Crippen molar-refractivity contribution in [2.45, 2.75) is 13.5 Å². The van der Waals surface area contributed by atoms with Crippen LogP contribution in [0.5, 0.6) is 5.75 Å². The summed E-state index contributed by atoms with van der Waals surface area (Å²) in [6.07, 6.45) is 3.36. The Balaban J connectivity index is 1.91. The van der Waals surface area contributed by atoms with Crippen LogP contribution >= 0.6 is 11.3 Å². The molecule has 0 aliphatic heterocycles. The minimum Gasteiger partial charge on any atom is -0.494 e. The van der Waals surface area contributed by atoms with Crippen LogP contribution < -0.4 is 9.54 Å². The summed E-state index contributed by atoms with van der Waals surface area (Å²) in [6, 6.07) is 14.2. The zero-order valence-corrected chi connectivity index (χ0v) is 15.8. The van der Waals surface area contributed by atoms with E-state index in [-0.39, 0.29) is 5.82 Å². The van der Waals surface area contributed by atoms with Crippen molar-refractivity contribution in [3.63, 3.8) is 0 Å². The van der Waals surface area contributed by atoms with Crippen LogP contribution in [0.2, 0.25) is 0 Å². The zero-order chi connectivity index (χ0) is 19.1. The minimum atomic E-state index is -0.297. The number of aromatic nitrogens is 1. The molecule has 0 unspecified atom stereocenters. The summed E-state index contributed by atoms with van der Waals surface area (Å²) in [5, 5.41) is 10.4. The van der Waals surface area contributed by atoms with Crippen molar-refractivity contribution in [1.82, 2.24) is 4.57 Å². The number of ether oxygens (including phenoxy) is 1. The molecule has 138 valence electrons. The third-order valence-corrected chi connectivity index (χ3v) is 4.62. The third-order valence-electron chi connectivity index (χ3n) is 3.77. The predicted molar refractivity (Wildman–Crippen MR) is 109 cm³/mol. The topological polar surface area (TPSA) is 38.9 Å². The third kappa shape index (κ3) is 4.80. The van der Waals surface area contributed by atoms with Crippen LogP contribution in [-0.4, -0.2) is 17.4 Å². The van der Waals surface area contributed by atoms with E-state index in [9.17, 15) is 4.39 Å². The molecule has 0 saturated carbocycles. The molecule has 0 amide bonds. The Hall–Kier alpha value is -2.99. The molecule has 0 atom stereocenters. The van der Waals surface area contributed by atoms with Gasteiger partial charge in [0, 0.05) is 11.9 Å². The van der Waals surface area contributed by atoms with Gasteiger partial charge in [0.25, 0.3) is 0 Å².